The van der Waals surface area contributed by atoms with Crippen molar-refractivity contribution < 1.29 is 9.47 Å². The smallest absolute Gasteiger partial charge is 0.123 e. The highest BCUT2D eigenvalue weighted by molar-refractivity contribution is 5.85. The van der Waals surface area contributed by atoms with Gasteiger partial charge in [-0.15, -0.1) is 0 Å². The van der Waals surface area contributed by atoms with Gasteiger partial charge in [0.2, 0.25) is 0 Å². The van der Waals surface area contributed by atoms with Gasteiger partial charge in [-0.3, -0.25) is 4.90 Å². The summed E-state index contributed by atoms with van der Waals surface area (Å²) in [6.07, 6.45) is 1.06. The van der Waals surface area contributed by atoms with E-state index in [4.69, 9.17) is 9.47 Å². The normalized spacial score (nSPS) is 20.2. The zero-order valence-electron chi connectivity index (χ0n) is 16.3. The molecule has 2 aliphatic heterocycles. The summed E-state index contributed by atoms with van der Waals surface area (Å²) in [5.41, 5.74) is 6.51. The largest absolute Gasteiger partial charge is 0.496 e. The standard InChI is InChI=1S/C23H27N3O2/c1-27-21-7-6-16(14-17(21)15-26-10-12-28-13-11-26)22-23-19(8-9-24-22)18-4-2-3-5-20(18)25-23/h2-7,14,22,24-25H,8-13,15H2,1H3/t22-/m0/s1. The van der Waals surface area contributed by atoms with E-state index < -0.39 is 0 Å². The monoisotopic (exact) mass is 377 g/mol. The lowest BCUT2D eigenvalue weighted by atomic mass is 9.93. The first-order chi connectivity index (χ1) is 13.8. The second-order valence-corrected chi connectivity index (χ2v) is 7.66. The van der Waals surface area contributed by atoms with Gasteiger partial charge in [-0.05, 0) is 35.7 Å². The molecule has 0 bridgehead atoms. The maximum Gasteiger partial charge on any atom is 0.123 e. The minimum atomic E-state index is 0.186. The van der Waals surface area contributed by atoms with Crippen molar-refractivity contribution in [1.29, 1.82) is 0 Å². The van der Waals surface area contributed by atoms with E-state index in [0.717, 1.165) is 51.6 Å². The Balaban J connectivity index is 1.51. The summed E-state index contributed by atoms with van der Waals surface area (Å²) in [6.45, 7) is 5.45. The number of ether oxygens (including phenoxy) is 2. The van der Waals surface area contributed by atoms with Crippen LogP contribution in [-0.2, 0) is 17.7 Å². The van der Waals surface area contributed by atoms with Crippen molar-refractivity contribution in [3.8, 4) is 5.75 Å². The van der Waals surface area contributed by atoms with Crippen molar-refractivity contribution in [3.05, 3.63) is 64.8 Å². The van der Waals surface area contributed by atoms with Crippen LogP contribution in [0.5, 0.6) is 5.75 Å². The highest BCUT2D eigenvalue weighted by Gasteiger charge is 2.26. The molecule has 0 radical (unpaired) electrons. The summed E-state index contributed by atoms with van der Waals surface area (Å²) in [4.78, 5) is 6.11. The van der Waals surface area contributed by atoms with Gasteiger partial charge in [0.15, 0.2) is 0 Å². The van der Waals surface area contributed by atoms with Crippen LogP contribution >= 0.6 is 0 Å². The fourth-order valence-corrected chi connectivity index (χ4v) is 4.57. The minimum Gasteiger partial charge on any atom is -0.496 e. The van der Waals surface area contributed by atoms with E-state index in [-0.39, 0.29) is 6.04 Å². The lowest BCUT2D eigenvalue weighted by Crippen LogP contribution is -2.36. The predicted molar refractivity (Wildman–Crippen MR) is 111 cm³/mol. The summed E-state index contributed by atoms with van der Waals surface area (Å²) < 4.78 is 11.2. The Morgan fingerprint density at radius 3 is 2.86 bits per heavy atom. The van der Waals surface area contributed by atoms with Gasteiger partial charge in [-0.25, -0.2) is 0 Å². The Bertz CT molecular complexity index is 975. The summed E-state index contributed by atoms with van der Waals surface area (Å²) in [5.74, 6) is 0.961. The average molecular weight is 377 g/mol. The summed E-state index contributed by atoms with van der Waals surface area (Å²) in [6, 6.07) is 15.4. The number of hydrogen-bond acceptors (Lipinski definition) is 4. The highest BCUT2D eigenvalue weighted by Crippen LogP contribution is 2.35. The minimum absolute atomic E-state index is 0.186. The van der Waals surface area contributed by atoms with Gasteiger partial charge in [-0.1, -0.05) is 24.3 Å². The number of methoxy groups -OCH3 is 1. The number of aromatic nitrogens is 1. The molecule has 3 aromatic rings. The first-order valence-electron chi connectivity index (χ1n) is 10.1. The fraction of sp³-hybridized carbons (Fsp3) is 0.391. The topological polar surface area (TPSA) is 49.5 Å². The predicted octanol–water partition coefficient (Wildman–Crippen LogP) is 3.24. The second-order valence-electron chi connectivity index (χ2n) is 7.66. The fourth-order valence-electron chi connectivity index (χ4n) is 4.57. The van der Waals surface area contributed by atoms with Crippen LogP contribution in [-0.4, -0.2) is 49.8 Å². The van der Waals surface area contributed by atoms with Gasteiger partial charge >= 0.3 is 0 Å². The lowest BCUT2D eigenvalue weighted by Gasteiger charge is -2.29. The maximum atomic E-state index is 5.66. The molecule has 5 rings (SSSR count). The molecular weight excluding hydrogens is 350 g/mol. The van der Waals surface area contributed by atoms with Crippen molar-refractivity contribution >= 4 is 10.9 Å². The lowest BCUT2D eigenvalue weighted by molar-refractivity contribution is 0.0338. The molecule has 1 aromatic heterocycles. The molecule has 2 N–H and O–H groups in total. The highest BCUT2D eigenvalue weighted by atomic mass is 16.5. The number of hydrogen-bond donors (Lipinski definition) is 2. The van der Waals surface area contributed by atoms with Crippen molar-refractivity contribution in [2.45, 2.75) is 19.0 Å². The van der Waals surface area contributed by atoms with Crippen LogP contribution in [0.15, 0.2) is 42.5 Å². The van der Waals surface area contributed by atoms with Gasteiger partial charge in [-0.2, -0.15) is 0 Å². The van der Waals surface area contributed by atoms with E-state index >= 15 is 0 Å². The van der Waals surface area contributed by atoms with Gasteiger partial charge in [0, 0.05) is 48.3 Å². The van der Waals surface area contributed by atoms with Crippen LogP contribution in [0, 0.1) is 0 Å². The van der Waals surface area contributed by atoms with E-state index in [1.807, 2.05) is 0 Å². The Kier molecular flexibility index (Phi) is 4.81. The van der Waals surface area contributed by atoms with Gasteiger partial charge in [0.25, 0.3) is 0 Å². The number of nitrogens with one attached hydrogen (secondary N) is 2. The summed E-state index contributed by atoms with van der Waals surface area (Å²) >= 11 is 0. The number of H-pyrrole nitrogens is 1. The van der Waals surface area contributed by atoms with Crippen molar-refractivity contribution in [2.75, 3.05) is 40.0 Å². The van der Waals surface area contributed by atoms with Crippen LogP contribution in [0.1, 0.15) is 28.4 Å². The zero-order chi connectivity index (χ0) is 18.9. The molecule has 5 heteroatoms. The Morgan fingerprint density at radius 1 is 1.14 bits per heavy atom. The molecule has 3 heterocycles. The van der Waals surface area contributed by atoms with Crippen molar-refractivity contribution in [3.63, 3.8) is 0 Å². The molecule has 1 saturated heterocycles. The Hall–Kier alpha value is -2.34. The number of para-hydroxylation sites is 1. The molecule has 5 nitrogen and oxygen atoms in total. The van der Waals surface area contributed by atoms with Gasteiger partial charge in [0.05, 0.1) is 26.4 Å². The zero-order valence-corrected chi connectivity index (χ0v) is 16.3. The third-order valence-electron chi connectivity index (χ3n) is 5.99. The molecule has 0 unspecified atom stereocenters. The molecule has 2 aliphatic rings. The molecule has 0 aliphatic carbocycles. The third-order valence-corrected chi connectivity index (χ3v) is 5.99. The Labute approximate surface area is 165 Å². The number of benzene rings is 2. The number of fused-ring (bicyclic) bond motifs is 3. The van der Waals surface area contributed by atoms with Crippen LogP contribution in [0.4, 0.5) is 0 Å². The SMILES string of the molecule is COc1ccc([C@@H]2NCCc3c2[nH]c2ccccc32)cc1CN1CCOCC1. The number of aromatic amines is 1. The van der Waals surface area contributed by atoms with Crippen LogP contribution < -0.4 is 10.1 Å². The van der Waals surface area contributed by atoms with E-state index in [9.17, 15) is 0 Å². The second kappa shape index (κ2) is 7.59. The van der Waals surface area contributed by atoms with E-state index in [2.05, 4.69) is 57.7 Å². The van der Waals surface area contributed by atoms with E-state index in [1.54, 1.807) is 7.11 Å². The van der Waals surface area contributed by atoms with Crippen molar-refractivity contribution in [1.82, 2.24) is 15.2 Å². The molecule has 28 heavy (non-hydrogen) atoms. The van der Waals surface area contributed by atoms with Gasteiger partial charge in [0.1, 0.15) is 5.75 Å². The van der Waals surface area contributed by atoms with E-state index in [1.165, 1.54) is 33.3 Å². The average Bonchev–Trinajstić information content (AvgIpc) is 3.13. The van der Waals surface area contributed by atoms with Gasteiger partial charge < -0.3 is 19.8 Å². The van der Waals surface area contributed by atoms with Crippen molar-refractivity contribution in [2.24, 2.45) is 0 Å². The first-order valence-corrected chi connectivity index (χ1v) is 10.1. The number of morpholine rings is 1. The van der Waals surface area contributed by atoms with E-state index in [0.29, 0.717) is 0 Å². The molecule has 1 atom stereocenters. The summed E-state index contributed by atoms with van der Waals surface area (Å²) in [7, 11) is 1.76. The van der Waals surface area contributed by atoms with Crippen LogP contribution in [0.25, 0.3) is 10.9 Å². The van der Waals surface area contributed by atoms with Crippen LogP contribution in [0.3, 0.4) is 0 Å². The molecular formula is C23H27N3O2. The first kappa shape index (κ1) is 17.7. The quantitative estimate of drug-likeness (QED) is 0.733. The third kappa shape index (κ3) is 3.20. The summed E-state index contributed by atoms with van der Waals surface area (Å²) in [5, 5.41) is 5.07. The molecule has 1 fully saturated rings. The van der Waals surface area contributed by atoms with Crippen LogP contribution in [0.2, 0.25) is 0 Å². The number of rotatable bonds is 4. The molecule has 0 spiro atoms. The molecule has 2 aromatic carbocycles. The molecule has 0 amide bonds. The molecule has 146 valence electrons. The Morgan fingerprint density at radius 2 is 2.00 bits per heavy atom. The maximum absolute atomic E-state index is 5.66. The number of nitrogens with zero attached hydrogens (tertiary/aromatic N) is 1. The molecule has 0 saturated carbocycles.